The first-order valence-electron chi connectivity index (χ1n) is 9.42. The molecule has 0 radical (unpaired) electrons. The Morgan fingerprint density at radius 1 is 1.11 bits per heavy atom. The smallest absolute Gasteiger partial charge is 0.322 e. The van der Waals surface area contributed by atoms with Gasteiger partial charge in [0.1, 0.15) is 7.05 Å². The molecule has 1 aromatic carbocycles. The van der Waals surface area contributed by atoms with Crippen LogP contribution in [0.5, 0.6) is 0 Å². The van der Waals surface area contributed by atoms with Crippen molar-refractivity contribution in [2.24, 2.45) is 7.05 Å². The van der Waals surface area contributed by atoms with E-state index in [2.05, 4.69) is 80.5 Å². The standard InChI is InChI=1S/C24H24N3O/c1-14-10-11-27(7)18(12-14)20-15(2)13-17(24(3,4)5)21-16-8-9-19(25-6)26-23(16)28-22(20)21/h8-13H,1-5,7H3/q+1. The van der Waals surface area contributed by atoms with E-state index in [1.165, 1.54) is 16.7 Å². The van der Waals surface area contributed by atoms with Crippen molar-refractivity contribution in [2.75, 3.05) is 0 Å². The van der Waals surface area contributed by atoms with Gasteiger partial charge in [-0.2, -0.15) is 0 Å². The highest BCUT2D eigenvalue weighted by molar-refractivity contribution is 6.11. The van der Waals surface area contributed by atoms with Crippen LogP contribution in [0.15, 0.2) is 40.9 Å². The van der Waals surface area contributed by atoms with E-state index >= 15 is 0 Å². The van der Waals surface area contributed by atoms with Gasteiger partial charge in [-0.25, -0.2) is 4.57 Å². The van der Waals surface area contributed by atoms with Crippen LogP contribution in [-0.4, -0.2) is 4.98 Å². The van der Waals surface area contributed by atoms with Gasteiger partial charge in [0.2, 0.25) is 5.69 Å². The van der Waals surface area contributed by atoms with Crippen molar-refractivity contribution in [1.82, 2.24) is 4.98 Å². The zero-order valence-electron chi connectivity index (χ0n) is 17.2. The van der Waals surface area contributed by atoms with Crippen LogP contribution >= 0.6 is 0 Å². The van der Waals surface area contributed by atoms with Crippen LogP contribution in [0, 0.1) is 20.4 Å². The summed E-state index contributed by atoms with van der Waals surface area (Å²) in [5.41, 5.74) is 7.10. The molecule has 0 fully saturated rings. The lowest BCUT2D eigenvalue weighted by Crippen LogP contribution is -2.30. The van der Waals surface area contributed by atoms with Crippen LogP contribution < -0.4 is 4.57 Å². The van der Waals surface area contributed by atoms with E-state index < -0.39 is 0 Å². The Labute approximate surface area is 165 Å². The molecule has 140 valence electrons. The molecule has 3 aromatic heterocycles. The average Bonchev–Trinajstić information content (AvgIpc) is 3.00. The van der Waals surface area contributed by atoms with E-state index in [0.717, 1.165) is 27.6 Å². The number of aromatic nitrogens is 2. The van der Waals surface area contributed by atoms with Gasteiger partial charge in [0.25, 0.3) is 5.82 Å². The predicted octanol–water partition coefficient (Wildman–Crippen LogP) is 5.94. The molecule has 0 atom stereocenters. The van der Waals surface area contributed by atoms with E-state index in [4.69, 9.17) is 11.0 Å². The molecule has 0 aliphatic heterocycles. The minimum absolute atomic E-state index is 0.0500. The maximum atomic E-state index is 7.28. The summed E-state index contributed by atoms with van der Waals surface area (Å²) in [7, 11) is 2.05. The van der Waals surface area contributed by atoms with Crippen molar-refractivity contribution in [2.45, 2.75) is 40.0 Å². The summed E-state index contributed by atoms with van der Waals surface area (Å²) in [6.07, 6.45) is 2.07. The molecule has 0 amide bonds. The number of pyridine rings is 2. The molecule has 0 saturated heterocycles. The van der Waals surface area contributed by atoms with Crippen molar-refractivity contribution in [3.8, 4) is 11.3 Å². The van der Waals surface area contributed by atoms with Gasteiger partial charge in [0.05, 0.1) is 10.9 Å². The van der Waals surface area contributed by atoms with Crippen LogP contribution in [0.4, 0.5) is 5.82 Å². The molecule has 0 unspecified atom stereocenters. The molecule has 0 saturated carbocycles. The van der Waals surface area contributed by atoms with E-state index in [1.54, 1.807) is 6.07 Å². The Morgan fingerprint density at radius 2 is 1.86 bits per heavy atom. The van der Waals surface area contributed by atoms with Gasteiger partial charge < -0.3 is 9.26 Å². The maximum Gasteiger partial charge on any atom is 0.322 e. The molecule has 0 aliphatic carbocycles. The second-order valence-electron chi connectivity index (χ2n) is 8.51. The normalized spacial score (nSPS) is 11.9. The fourth-order valence-corrected chi connectivity index (χ4v) is 3.85. The van der Waals surface area contributed by atoms with Crippen LogP contribution in [0.2, 0.25) is 0 Å². The Balaban J connectivity index is 2.23. The van der Waals surface area contributed by atoms with Crippen LogP contribution in [0.1, 0.15) is 37.5 Å². The number of furan rings is 1. The molecule has 0 aliphatic rings. The summed E-state index contributed by atoms with van der Waals surface area (Å²) in [6.45, 7) is 18.2. The van der Waals surface area contributed by atoms with E-state index in [9.17, 15) is 0 Å². The van der Waals surface area contributed by atoms with Crippen molar-refractivity contribution in [3.63, 3.8) is 0 Å². The highest BCUT2D eigenvalue weighted by atomic mass is 16.3. The lowest BCUT2D eigenvalue weighted by Gasteiger charge is -2.22. The van der Waals surface area contributed by atoms with Gasteiger partial charge in [-0.05, 0) is 42.0 Å². The summed E-state index contributed by atoms with van der Waals surface area (Å²) >= 11 is 0. The monoisotopic (exact) mass is 370 g/mol. The lowest BCUT2D eigenvalue weighted by atomic mass is 9.81. The van der Waals surface area contributed by atoms with Gasteiger partial charge in [-0.1, -0.05) is 44.5 Å². The Morgan fingerprint density at radius 3 is 2.54 bits per heavy atom. The fraction of sp³-hybridized carbons (Fsp3) is 0.292. The van der Waals surface area contributed by atoms with Gasteiger partial charge in [-0.15, -0.1) is 0 Å². The topological polar surface area (TPSA) is 34.3 Å². The Kier molecular flexibility index (Phi) is 4.01. The van der Waals surface area contributed by atoms with E-state index in [-0.39, 0.29) is 5.41 Å². The molecule has 4 heteroatoms. The van der Waals surface area contributed by atoms with Crippen molar-refractivity contribution >= 4 is 27.9 Å². The van der Waals surface area contributed by atoms with Crippen molar-refractivity contribution in [3.05, 3.63) is 64.6 Å². The first-order valence-corrected chi connectivity index (χ1v) is 9.42. The summed E-state index contributed by atoms with van der Waals surface area (Å²) in [4.78, 5) is 7.89. The van der Waals surface area contributed by atoms with Crippen LogP contribution in [0.3, 0.4) is 0 Å². The summed E-state index contributed by atoms with van der Waals surface area (Å²) in [6, 6.07) is 10.3. The zero-order chi connectivity index (χ0) is 20.2. The zero-order valence-corrected chi connectivity index (χ0v) is 17.2. The molecule has 0 bridgehead atoms. The maximum absolute atomic E-state index is 7.28. The fourth-order valence-electron chi connectivity index (χ4n) is 3.85. The van der Waals surface area contributed by atoms with Gasteiger partial charge in [-0.3, -0.25) is 0 Å². The lowest BCUT2D eigenvalue weighted by molar-refractivity contribution is -0.660. The molecule has 4 nitrogen and oxygen atoms in total. The minimum Gasteiger partial charge on any atom is -0.419 e. The number of hydrogen-bond donors (Lipinski definition) is 0. The highest BCUT2D eigenvalue weighted by Crippen LogP contribution is 2.42. The first kappa shape index (κ1) is 18.2. The second kappa shape index (κ2) is 6.17. The molecule has 0 N–H and O–H groups in total. The van der Waals surface area contributed by atoms with E-state index in [0.29, 0.717) is 11.5 Å². The second-order valence-corrected chi connectivity index (χ2v) is 8.51. The number of rotatable bonds is 1. The number of benzene rings is 1. The Bertz CT molecular complexity index is 1280. The third-order valence-corrected chi connectivity index (χ3v) is 5.28. The highest BCUT2D eigenvalue weighted by Gasteiger charge is 2.28. The summed E-state index contributed by atoms with van der Waals surface area (Å²) in [5, 5.41) is 2.05. The Hall–Kier alpha value is -3.19. The first-order chi connectivity index (χ1) is 13.2. The summed E-state index contributed by atoms with van der Waals surface area (Å²) < 4.78 is 8.45. The minimum atomic E-state index is -0.0500. The third-order valence-electron chi connectivity index (χ3n) is 5.28. The quantitative estimate of drug-likeness (QED) is 0.307. The molecular formula is C24H24N3O+. The molecule has 4 rings (SSSR count). The number of aryl methyl sites for hydroxylation is 3. The largest absolute Gasteiger partial charge is 0.419 e. The molecule has 4 aromatic rings. The number of fused-ring (bicyclic) bond motifs is 3. The summed E-state index contributed by atoms with van der Waals surface area (Å²) in [5.74, 6) is 0.350. The van der Waals surface area contributed by atoms with Gasteiger partial charge >= 0.3 is 5.71 Å². The van der Waals surface area contributed by atoms with E-state index in [1.807, 2.05) is 6.07 Å². The average molecular weight is 370 g/mol. The third kappa shape index (κ3) is 2.75. The number of nitrogens with zero attached hydrogens (tertiary/aromatic N) is 3. The van der Waals surface area contributed by atoms with Gasteiger partial charge in [0.15, 0.2) is 11.8 Å². The predicted molar refractivity (Wildman–Crippen MR) is 113 cm³/mol. The van der Waals surface area contributed by atoms with Crippen LogP contribution in [-0.2, 0) is 12.5 Å². The van der Waals surface area contributed by atoms with Crippen LogP contribution in [0.25, 0.3) is 38.2 Å². The molecule has 0 spiro atoms. The molecule has 28 heavy (non-hydrogen) atoms. The SMILES string of the molecule is [C-]#[N+]c1ccc2c(n1)oc1c(-c3cc(C)cc[n+]3C)c(C)cc(C(C)(C)C)c12. The van der Waals surface area contributed by atoms with Crippen molar-refractivity contribution < 1.29 is 8.98 Å². The number of hydrogen-bond acceptors (Lipinski definition) is 2. The molecule has 3 heterocycles. The van der Waals surface area contributed by atoms with Gasteiger partial charge in [0, 0.05) is 17.5 Å². The van der Waals surface area contributed by atoms with Crippen molar-refractivity contribution in [1.29, 1.82) is 0 Å². The molecular weight excluding hydrogens is 346 g/mol.